The number of nitrogens with one attached hydrogen (secondary N) is 2. The van der Waals surface area contributed by atoms with Crippen molar-refractivity contribution in [3.63, 3.8) is 0 Å². The smallest absolute Gasteiger partial charge is 0.267 e. The first-order valence-corrected chi connectivity index (χ1v) is 10.7. The van der Waals surface area contributed by atoms with Crippen molar-refractivity contribution < 1.29 is 0 Å². The quantitative estimate of drug-likeness (QED) is 0.350. The summed E-state index contributed by atoms with van der Waals surface area (Å²) in [5, 5.41) is 13.7. The van der Waals surface area contributed by atoms with E-state index in [0.717, 1.165) is 20.7 Å². The van der Waals surface area contributed by atoms with Gasteiger partial charge in [-0.2, -0.15) is 0 Å². The number of rotatable bonds is 1. The summed E-state index contributed by atoms with van der Waals surface area (Å²) in [5.41, 5.74) is 1.14. The molecule has 31 heavy (non-hydrogen) atoms. The van der Waals surface area contributed by atoms with Gasteiger partial charge in [-0.3, -0.25) is 19.8 Å². The van der Waals surface area contributed by atoms with Crippen LogP contribution in [0, 0.1) is 0 Å². The van der Waals surface area contributed by atoms with Crippen molar-refractivity contribution >= 4 is 64.6 Å². The van der Waals surface area contributed by atoms with E-state index in [4.69, 9.17) is 4.98 Å². The molecule has 146 valence electrons. The molecule has 0 spiro atoms. The molecule has 0 aliphatic rings. The Bertz CT molecular complexity index is 1860. The summed E-state index contributed by atoms with van der Waals surface area (Å²) < 4.78 is 0.879. The van der Waals surface area contributed by atoms with Gasteiger partial charge in [0.2, 0.25) is 0 Å². The van der Waals surface area contributed by atoms with E-state index in [2.05, 4.69) is 64.8 Å². The molecule has 0 fully saturated rings. The van der Waals surface area contributed by atoms with Gasteiger partial charge in [0.25, 0.3) is 11.1 Å². The molecule has 0 saturated carbocycles. The Kier molecular flexibility index (Phi) is 3.12. The average molecular weight is 419 g/mol. The predicted molar refractivity (Wildman–Crippen MR) is 128 cm³/mol. The third-order valence-electron chi connectivity index (χ3n) is 6.07. The van der Waals surface area contributed by atoms with E-state index in [0.29, 0.717) is 16.3 Å². The Morgan fingerprint density at radius 3 is 2.10 bits per heavy atom. The Hall–Kier alpha value is -4.03. The van der Waals surface area contributed by atoms with E-state index in [1.54, 1.807) is 12.1 Å². The lowest BCUT2D eigenvalue weighted by Gasteiger charge is -2.12. The van der Waals surface area contributed by atoms with Crippen LogP contribution in [0.3, 0.4) is 0 Å². The lowest BCUT2D eigenvalue weighted by atomic mass is 9.92. The highest BCUT2D eigenvalue weighted by atomic mass is 32.1. The van der Waals surface area contributed by atoms with Gasteiger partial charge in [0.15, 0.2) is 0 Å². The number of hydrogen-bond donors (Lipinski definition) is 2. The number of aromatic amines is 2. The molecule has 0 aliphatic heterocycles. The van der Waals surface area contributed by atoms with E-state index in [1.165, 1.54) is 38.3 Å². The molecule has 0 saturated heterocycles. The van der Waals surface area contributed by atoms with Crippen LogP contribution in [0.2, 0.25) is 0 Å². The summed E-state index contributed by atoms with van der Waals surface area (Å²) in [6.45, 7) is 0. The Labute approximate surface area is 177 Å². The maximum Gasteiger partial charge on any atom is 0.270 e. The van der Waals surface area contributed by atoms with Crippen LogP contribution in [0.5, 0.6) is 0 Å². The second-order valence-corrected chi connectivity index (χ2v) is 8.79. The zero-order chi connectivity index (χ0) is 20.7. The van der Waals surface area contributed by atoms with E-state index >= 15 is 0 Å². The highest BCUT2D eigenvalue weighted by molar-refractivity contribution is 7.21. The van der Waals surface area contributed by atoms with Crippen molar-refractivity contribution in [3.8, 4) is 10.6 Å². The number of H-pyrrole nitrogens is 2. The standard InChI is InChI=1S/C25H13N3O2S/c29-23-17-10-19-20(11-18(17)24(30)28-27-23)31-25(26-19)16-9-7-14-5-4-12-2-1-3-13-6-8-15(16)22(14)21(12)13/h1-11H,(H,27,29)(H,28,30). The molecule has 0 atom stereocenters. The summed E-state index contributed by atoms with van der Waals surface area (Å²) in [7, 11) is 0. The monoisotopic (exact) mass is 419 g/mol. The number of thiazole rings is 1. The van der Waals surface area contributed by atoms with E-state index in [-0.39, 0.29) is 11.1 Å². The van der Waals surface area contributed by atoms with Crippen molar-refractivity contribution in [1.29, 1.82) is 0 Å². The molecule has 7 aromatic rings. The number of fused-ring (bicyclic) bond motifs is 2. The largest absolute Gasteiger partial charge is 0.270 e. The van der Waals surface area contributed by atoms with E-state index in [9.17, 15) is 9.59 Å². The van der Waals surface area contributed by atoms with Crippen LogP contribution in [0.15, 0.2) is 76.3 Å². The fourth-order valence-electron chi connectivity index (χ4n) is 4.63. The van der Waals surface area contributed by atoms with Gasteiger partial charge in [0.1, 0.15) is 5.01 Å². The first-order chi connectivity index (χ1) is 15.2. The minimum Gasteiger partial charge on any atom is -0.267 e. The molecule has 0 bridgehead atoms. The fourth-order valence-corrected chi connectivity index (χ4v) is 5.66. The molecule has 6 heteroatoms. The van der Waals surface area contributed by atoms with Crippen molar-refractivity contribution in [2.75, 3.05) is 0 Å². The van der Waals surface area contributed by atoms with Crippen molar-refractivity contribution in [3.05, 3.63) is 87.4 Å². The van der Waals surface area contributed by atoms with E-state index in [1.807, 2.05) is 0 Å². The Morgan fingerprint density at radius 2 is 1.32 bits per heavy atom. The molecule has 2 aromatic heterocycles. The highest BCUT2D eigenvalue weighted by Gasteiger charge is 2.15. The Morgan fingerprint density at radius 1 is 0.677 bits per heavy atom. The van der Waals surface area contributed by atoms with Gasteiger partial charge in [-0.15, -0.1) is 11.3 Å². The maximum atomic E-state index is 12.2. The summed E-state index contributed by atoms with van der Waals surface area (Å²) in [6.07, 6.45) is 0. The third kappa shape index (κ3) is 2.22. The topological polar surface area (TPSA) is 78.6 Å². The van der Waals surface area contributed by atoms with Gasteiger partial charge in [0.05, 0.1) is 21.0 Å². The summed E-state index contributed by atoms with van der Waals surface area (Å²) in [4.78, 5) is 29.2. The molecule has 5 nitrogen and oxygen atoms in total. The number of nitrogens with zero attached hydrogens (tertiary/aromatic N) is 1. The van der Waals surface area contributed by atoms with Gasteiger partial charge in [-0.1, -0.05) is 54.6 Å². The highest BCUT2D eigenvalue weighted by Crippen LogP contribution is 2.41. The first kappa shape index (κ1) is 16.7. The number of aromatic nitrogens is 3. The van der Waals surface area contributed by atoms with Gasteiger partial charge >= 0.3 is 0 Å². The van der Waals surface area contributed by atoms with Gasteiger partial charge in [-0.05, 0) is 44.5 Å². The fraction of sp³-hybridized carbons (Fsp3) is 0. The molecule has 0 unspecified atom stereocenters. The minimum absolute atomic E-state index is 0.311. The molecular weight excluding hydrogens is 406 g/mol. The number of benzene rings is 5. The van der Waals surface area contributed by atoms with Crippen LogP contribution in [0.4, 0.5) is 0 Å². The summed E-state index contributed by atoms with van der Waals surface area (Å²) in [5.74, 6) is 0. The van der Waals surface area contributed by atoms with Crippen molar-refractivity contribution in [1.82, 2.24) is 15.2 Å². The molecule has 0 amide bonds. The van der Waals surface area contributed by atoms with Gasteiger partial charge in [0, 0.05) is 5.56 Å². The molecule has 5 aromatic carbocycles. The molecule has 2 heterocycles. The van der Waals surface area contributed by atoms with Crippen LogP contribution in [-0.2, 0) is 0 Å². The lowest BCUT2D eigenvalue weighted by molar-refractivity contribution is 0.977. The molecule has 0 radical (unpaired) electrons. The van der Waals surface area contributed by atoms with Crippen molar-refractivity contribution in [2.24, 2.45) is 0 Å². The lowest BCUT2D eigenvalue weighted by Crippen LogP contribution is -2.18. The molecule has 7 rings (SSSR count). The van der Waals surface area contributed by atoms with Crippen LogP contribution in [0.1, 0.15) is 0 Å². The van der Waals surface area contributed by atoms with Crippen LogP contribution in [0.25, 0.3) is 63.9 Å². The summed E-state index contributed by atoms with van der Waals surface area (Å²) in [6, 6.07) is 22.7. The molecule has 2 N–H and O–H groups in total. The van der Waals surface area contributed by atoms with Gasteiger partial charge < -0.3 is 0 Å². The first-order valence-electron chi connectivity index (χ1n) is 9.89. The average Bonchev–Trinajstić information content (AvgIpc) is 3.22. The molecule has 0 aliphatic carbocycles. The third-order valence-corrected chi connectivity index (χ3v) is 7.12. The summed E-state index contributed by atoms with van der Waals surface area (Å²) >= 11 is 1.53. The van der Waals surface area contributed by atoms with Crippen LogP contribution < -0.4 is 11.1 Å². The second kappa shape index (κ2) is 5.77. The minimum atomic E-state index is -0.325. The van der Waals surface area contributed by atoms with Gasteiger partial charge in [-0.25, -0.2) is 4.98 Å². The predicted octanol–water partition coefficient (Wildman–Crippen LogP) is 5.39. The maximum absolute atomic E-state index is 12.2. The SMILES string of the molecule is O=c1[nH][nH]c(=O)c2cc3sc(-c4ccc5ccc6cccc7ccc4c5c67)nc3cc12. The zero-order valence-corrected chi connectivity index (χ0v) is 16.8. The zero-order valence-electron chi connectivity index (χ0n) is 16.0. The van der Waals surface area contributed by atoms with Crippen LogP contribution in [-0.4, -0.2) is 15.2 Å². The second-order valence-electron chi connectivity index (χ2n) is 7.76. The van der Waals surface area contributed by atoms with Crippen molar-refractivity contribution in [2.45, 2.75) is 0 Å². The number of hydrogen-bond acceptors (Lipinski definition) is 4. The van der Waals surface area contributed by atoms with Crippen LogP contribution >= 0.6 is 11.3 Å². The molecular formula is C25H13N3O2S. The van der Waals surface area contributed by atoms with E-state index < -0.39 is 0 Å². The Balaban J connectivity index is 1.58. The normalized spacial score (nSPS) is 12.1.